The van der Waals surface area contributed by atoms with Gasteiger partial charge in [0, 0.05) is 10.7 Å². The van der Waals surface area contributed by atoms with E-state index < -0.39 is 0 Å². The maximum Gasteiger partial charge on any atom is 0.129 e. The summed E-state index contributed by atoms with van der Waals surface area (Å²) in [7, 11) is 0. The fraction of sp³-hybridized carbons (Fsp3) is 0.188. The maximum atomic E-state index is 6.10. The minimum atomic E-state index is 0.363. The second kappa shape index (κ2) is 5.47. The molecule has 0 aliphatic heterocycles. The lowest BCUT2D eigenvalue weighted by atomic mass is 10.1. The Balaban J connectivity index is 2.24. The van der Waals surface area contributed by atoms with Gasteiger partial charge in [-0.05, 0) is 42.3 Å². The lowest BCUT2D eigenvalue weighted by molar-refractivity contribution is 0.979. The van der Waals surface area contributed by atoms with E-state index in [1.165, 1.54) is 5.56 Å². The Morgan fingerprint density at radius 2 is 1.85 bits per heavy atom. The highest BCUT2D eigenvalue weighted by Gasteiger charge is 2.12. The number of fused-ring (bicyclic) bond motifs is 1. The summed E-state index contributed by atoms with van der Waals surface area (Å²) in [4.78, 5) is 4.56. The quantitative estimate of drug-likeness (QED) is 0.624. The highest BCUT2D eigenvalue weighted by atomic mass is 35.5. The molecule has 0 saturated heterocycles. The van der Waals surface area contributed by atoms with E-state index in [2.05, 4.69) is 40.7 Å². The van der Waals surface area contributed by atoms with Crippen molar-refractivity contribution in [3.05, 3.63) is 58.9 Å². The number of hydrogen-bond donors (Lipinski definition) is 0. The van der Waals surface area contributed by atoms with Crippen LogP contribution in [0.25, 0.3) is 16.7 Å². The van der Waals surface area contributed by atoms with Crippen molar-refractivity contribution in [2.75, 3.05) is 0 Å². The SMILES string of the molecule is CCc1ccc(-n2c(CCl)nc3ccc(Cl)cc32)cc1. The van der Waals surface area contributed by atoms with E-state index in [1.54, 1.807) is 0 Å². The molecule has 0 fully saturated rings. The number of nitrogens with zero attached hydrogens (tertiary/aromatic N) is 2. The standard InChI is InChI=1S/C16H14Cl2N2/c1-2-11-3-6-13(7-4-11)20-15-9-12(18)5-8-14(15)19-16(20)10-17/h3-9H,2,10H2,1H3. The van der Waals surface area contributed by atoms with Crippen molar-refractivity contribution >= 4 is 34.2 Å². The fourth-order valence-electron chi connectivity index (χ4n) is 2.36. The molecule has 0 amide bonds. The van der Waals surface area contributed by atoms with Crippen LogP contribution in [0.15, 0.2) is 42.5 Å². The molecule has 20 heavy (non-hydrogen) atoms. The van der Waals surface area contributed by atoms with Gasteiger partial charge in [-0.15, -0.1) is 11.6 Å². The van der Waals surface area contributed by atoms with Gasteiger partial charge in [-0.1, -0.05) is 30.7 Å². The molecule has 1 aromatic heterocycles. The van der Waals surface area contributed by atoms with E-state index in [9.17, 15) is 0 Å². The average Bonchev–Trinajstić information content (AvgIpc) is 2.85. The average molecular weight is 305 g/mol. The molecule has 0 unspecified atom stereocenters. The summed E-state index contributed by atoms with van der Waals surface area (Å²) in [5, 5.41) is 0.699. The highest BCUT2D eigenvalue weighted by molar-refractivity contribution is 6.31. The van der Waals surface area contributed by atoms with Crippen molar-refractivity contribution in [3.8, 4) is 5.69 Å². The van der Waals surface area contributed by atoms with Crippen molar-refractivity contribution in [3.63, 3.8) is 0 Å². The summed E-state index contributed by atoms with van der Waals surface area (Å²) in [6.07, 6.45) is 1.03. The fourth-order valence-corrected chi connectivity index (χ4v) is 2.70. The van der Waals surface area contributed by atoms with Gasteiger partial charge in [0.15, 0.2) is 0 Å². The summed E-state index contributed by atoms with van der Waals surface area (Å²) < 4.78 is 2.06. The van der Waals surface area contributed by atoms with Gasteiger partial charge < -0.3 is 0 Å². The van der Waals surface area contributed by atoms with Crippen LogP contribution in [0.4, 0.5) is 0 Å². The van der Waals surface area contributed by atoms with E-state index in [4.69, 9.17) is 23.2 Å². The van der Waals surface area contributed by atoms with E-state index in [1.807, 2.05) is 18.2 Å². The molecule has 102 valence electrons. The van der Waals surface area contributed by atoms with Gasteiger partial charge in [0.1, 0.15) is 5.82 Å². The number of hydrogen-bond acceptors (Lipinski definition) is 1. The highest BCUT2D eigenvalue weighted by Crippen LogP contribution is 2.25. The molecule has 3 aromatic rings. The van der Waals surface area contributed by atoms with Crippen LogP contribution in [-0.4, -0.2) is 9.55 Å². The van der Waals surface area contributed by atoms with Crippen LogP contribution in [0.3, 0.4) is 0 Å². The zero-order valence-electron chi connectivity index (χ0n) is 11.1. The van der Waals surface area contributed by atoms with Crippen LogP contribution >= 0.6 is 23.2 Å². The zero-order valence-corrected chi connectivity index (χ0v) is 12.6. The predicted octanol–water partition coefficient (Wildman–Crippen LogP) is 4.98. The predicted molar refractivity (Wildman–Crippen MR) is 85.0 cm³/mol. The molecule has 1 heterocycles. The number of imidazole rings is 1. The van der Waals surface area contributed by atoms with Gasteiger partial charge in [-0.2, -0.15) is 0 Å². The monoisotopic (exact) mass is 304 g/mol. The Kier molecular flexibility index (Phi) is 3.68. The zero-order chi connectivity index (χ0) is 14.1. The number of halogens is 2. The first-order chi connectivity index (χ1) is 9.72. The third kappa shape index (κ3) is 2.30. The second-order valence-corrected chi connectivity index (χ2v) is 5.35. The Hall–Kier alpha value is -1.51. The van der Waals surface area contributed by atoms with Gasteiger partial charge in [0.25, 0.3) is 0 Å². The third-order valence-corrected chi connectivity index (χ3v) is 3.88. The molecule has 0 aliphatic rings. The molecular weight excluding hydrogens is 291 g/mol. The lowest BCUT2D eigenvalue weighted by Gasteiger charge is -2.08. The molecule has 0 spiro atoms. The molecule has 0 atom stereocenters. The van der Waals surface area contributed by atoms with Crippen molar-refractivity contribution in [1.29, 1.82) is 0 Å². The van der Waals surface area contributed by atoms with Gasteiger partial charge in [-0.25, -0.2) is 4.98 Å². The first-order valence-electron chi connectivity index (χ1n) is 6.55. The molecule has 3 rings (SSSR count). The van der Waals surface area contributed by atoms with Crippen LogP contribution < -0.4 is 0 Å². The Bertz CT molecular complexity index is 745. The molecular formula is C16H14Cl2N2. The lowest BCUT2D eigenvalue weighted by Crippen LogP contribution is -1.99. The van der Waals surface area contributed by atoms with Gasteiger partial charge >= 0.3 is 0 Å². The first-order valence-corrected chi connectivity index (χ1v) is 7.46. The molecule has 2 aromatic carbocycles. The van der Waals surface area contributed by atoms with Crippen molar-refractivity contribution in [1.82, 2.24) is 9.55 Å². The van der Waals surface area contributed by atoms with E-state index in [-0.39, 0.29) is 0 Å². The summed E-state index contributed by atoms with van der Waals surface area (Å²) in [6, 6.07) is 14.1. The summed E-state index contributed by atoms with van der Waals surface area (Å²) in [5.74, 6) is 1.19. The third-order valence-electron chi connectivity index (χ3n) is 3.41. The number of aryl methyl sites for hydroxylation is 1. The van der Waals surface area contributed by atoms with E-state index in [0.29, 0.717) is 10.9 Å². The summed E-state index contributed by atoms with van der Waals surface area (Å²) in [5.41, 5.74) is 4.26. The van der Waals surface area contributed by atoms with Crippen molar-refractivity contribution < 1.29 is 0 Å². The normalized spacial score (nSPS) is 11.2. The molecule has 4 heteroatoms. The van der Waals surface area contributed by atoms with E-state index >= 15 is 0 Å². The molecule has 0 aliphatic carbocycles. The maximum absolute atomic E-state index is 6.10. The molecule has 0 N–H and O–H groups in total. The molecule has 0 radical (unpaired) electrons. The number of rotatable bonds is 3. The number of benzene rings is 2. The van der Waals surface area contributed by atoms with Gasteiger partial charge in [-0.3, -0.25) is 4.57 Å². The van der Waals surface area contributed by atoms with Crippen molar-refractivity contribution in [2.24, 2.45) is 0 Å². The van der Waals surface area contributed by atoms with Crippen LogP contribution in [0.5, 0.6) is 0 Å². The van der Waals surface area contributed by atoms with Gasteiger partial charge in [0.05, 0.1) is 16.9 Å². The largest absolute Gasteiger partial charge is 0.295 e. The van der Waals surface area contributed by atoms with Crippen LogP contribution in [0.2, 0.25) is 5.02 Å². The Morgan fingerprint density at radius 1 is 1.10 bits per heavy atom. The van der Waals surface area contributed by atoms with Crippen LogP contribution in [0, 0.1) is 0 Å². The topological polar surface area (TPSA) is 17.8 Å². The minimum absolute atomic E-state index is 0.363. The molecule has 0 saturated carbocycles. The minimum Gasteiger partial charge on any atom is -0.295 e. The first kappa shape index (κ1) is 13.5. The Morgan fingerprint density at radius 3 is 2.50 bits per heavy atom. The number of aromatic nitrogens is 2. The second-order valence-electron chi connectivity index (χ2n) is 4.65. The van der Waals surface area contributed by atoms with Gasteiger partial charge in [0.2, 0.25) is 0 Å². The molecule has 0 bridgehead atoms. The smallest absolute Gasteiger partial charge is 0.129 e. The van der Waals surface area contributed by atoms with Crippen LogP contribution in [-0.2, 0) is 12.3 Å². The van der Waals surface area contributed by atoms with Crippen LogP contribution in [0.1, 0.15) is 18.3 Å². The summed E-state index contributed by atoms with van der Waals surface area (Å²) in [6.45, 7) is 2.14. The summed E-state index contributed by atoms with van der Waals surface area (Å²) >= 11 is 12.1. The molecule has 2 nitrogen and oxygen atoms in total. The van der Waals surface area contributed by atoms with Crippen molar-refractivity contribution in [2.45, 2.75) is 19.2 Å². The van der Waals surface area contributed by atoms with E-state index in [0.717, 1.165) is 29.0 Å². The Labute approximate surface area is 128 Å². The number of alkyl halides is 1.